The first-order valence-electron chi connectivity index (χ1n) is 10.7. The molecule has 33 heavy (non-hydrogen) atoms. The molecule has 1 aliphatic rings. The van der Waals surface area contributed by atoms with Crippen molar-refractivity contribution in [3.05, 3.63) is 82.0 Å². The van der Waals surface area contributed by atoms with Crippen LogP contribution in [0.4, 0.5) is 5.69 Å². The number of carbonyl (C=O) groups is 2. The number of nitrogens with one attached hydrogen (secondary N) is 2. The van der Waals surface area contributed by atoms with Gasteiger partial charge in [-0.2, -0.15) is 0 Å². The normalized spacial score (nSPS) is 14.6. The average Bonchev–Trinajstić information content (AvgIpc) is 2.82. The van der Waals surface area contributed by atoms with Crippen molar-refractivity contribution in [2.24, 2.45) is 0 Å². The molecule has 0 atom stereocenters. The summed E-state index contributed by atoms with van der Waals surface area (Å²) in [6.45, 7) is 1.91. The number of benzene rings is 2. The van der Waals surface area contributed by atoms with Gasteiger partial charge in [0.15, 0.2) is 0 Å². The lowest BCUT2D eigenvalue weighted by atomic mass is 10.0. The maximum atomic E-state index is 12.8. The first-order chi connectivity index (χ1) is 15.9. The number of rotatable bonds is 5. The highest BCUT2D eigenvalue weighted by Crippen LogP contribution is 2.30. The average molecular weight is 483 g/mol. The fourth-order valence-corrected chi connectivity index (χ4v) is 4.26. The van der Waals surface area contributed by atoms with Gasteiger partial charge in [-0.3, -0.25) is 14.6 Å². The first-order valence-corrected chi connectivity index (χ1v) is 11.5. The van der Waals surface area contributed by atoms with Crippen molar-refractivity contribution in [1.82, 2.24) is 15.2 Å². The molecule has 170 valence electrons. The highest BCUT2D eigenvalue weighted by molar-refractivity contribution is 6.35. The zero-order valence-electron chi connectivity index (χ0n) is 18.1. The van der Waals surface area contributed by atoms with Crippen molar-refractivity contribution in [3.8, 4) is 11.3 Å². The number of amides is 2. The van der Waals surface area contributed by atoms with Crippen LogP contribution < -0.4 is 10.6 Å². The number of aromatic nitrogens is 1. The summed E-state index contributed by atoms with van der Waals surface area (Å²) in [5.74, 6) is -0.562. The lowest BCUT2D eigenvalue weighted by molar-refractivity contribution is 0.0915. The summed E-state index contributed by atoms with van der Waals surface area (Å²) >= 11 is 12.7. The molecule has 3 aromatic rings. The summed E-state index contributed by atoms with van der Waals surface area (Å²) in [4.78, 5) is 32.0. The molecule has 1 saturated heterocycles. The Labute approximate surface area is 202 Å². The van der Waals surface area contributed by atoms with Gasteiger partial charge in [-0.05, 0) is 81.5 Å². The topological polar surface area (TPSA) is 74.3 Å². The fourth-order valence-electron chi connectivity index (χ4n) is 3.78. The van der Waals surface area contributed by atoms with E-state index in [1.54, 1.807) is 36.5 Å². The molecule has 0 spiro atoms. The smallest absolute Gasteiger partial charge is 0.257 e. The highest BCUT2D eigenvalue weighted by Gasteiger charge is 2.20. The fraction of sp³-hybridized carbons (Fsp3) is 0.240. The van der Waals surface area contributed by atoms with Gasteiger partial charge in [-0.1, -0.05) is 29.3 Å². The third kappa shape index (κ3) is 5.71. The van der Waals surface area contributed by atoms with E-state index in [0.29, 0.717) is 27.5 Å². The minimum atomic E-state index is -0.378. The summed E-state index contributed by atoms with van der Waals surface area (Å²) in [6.07, 6.45) is 3.51. The first kappa shape index (κ1) is 23.2. The van der Waals surface area contributed by atoms with E-state index in [4.69, 9.17) is 23.2 Å². The molecule has 0 aliphatic carbocycles. The highest BCUT2D eigenvalue weighted by atomic mass is 35.5. The molecule has 1 aliphatic heterocycles. The second kappa shape index (κ2) is 10.3. The van der Waals surface area contributed by atoms with Crippen LogP contribution in [0.1, 0.15) is 33.6 Å². The molecule has 0 radical (unpaired) electrons. The van der Waals surface area contributed by atoms with Crippen molar-refractivity contribution in [3.63, 3.8) is 0 Å². The zero-order chi connectivity index (χ0) is 23.4. The molecule has 1 fully saturated rings. The molecule has 2 heterocycles. The predicted octanol–water partition coefficient (Wildman–Crippen LogP) is 5.13. The van der Waals surface area contributed by atoms with Crippen LogP contribution in [0.3, 0.4) is 0 Å². The van der Waals surface area contributed by atoms with E-state index in [9.17, 15) is 9.59 Å². The molecule has 0 bridgehead atoms. The van der Waals surface area contributed by atoms with E-state index in [0.717, 1.165) is 25.9 Å². The Morgan fingerprint density at radius 3 is 2.45 bits per heavy atom. The quantitative estimate of drug-likeness (QED) is 0.528. The molecule has 0 saturated carbocycles. The SMILES string of the molecule is CN1CCC(NC(=O)c2ccc(C(=O)Nc3ccc(Cl)c(-c4ccccn4)c3)c(Cl)c2)CC1. The Balaban J connectivity index is 1.45. The molecule has 2 aromatic carbocycles. The van der Waals surface area contributed by atoms with Crippen molar-refractivity contribution < 1.29 is 9.59 Å². The van der Waals surface area contributed by atoms with E-state index in [1.807, 2.05) is 18.2 Å². The maximum absolute atomic E-state index is 12.8. The number of anilines is 1. The Kier molecular flexibility index (Phi) is 7.28. The van der Waals surface area contributed by atoms with Crippen LogP contribution in [-0.4, -0.2) is 47.9 Å². The second-order valence-corrected chi connectivity index (χ2v) is 8.92. The number of piperidine rings is 1. The number of nitrogens with zero attached hydrogens (tertiary/aromatic N) is 2. The molecule has 4 rings (SSSR count). The van der Waals surface area contributed by atoms with Crippen LogP contribution in [-0.2, 0) is 0 Å². The number of hydrogen-bond acceptors (Lipinski definition) is 4. The number of hydrogen-bond donors (Lipinski definition) is 2. The summed E-state index contributed by atoms with van der Waals surface area (Å²) in [5, 5.41) is 6.64. The van der Waals surface area contributed by atoms with E-state index in [2.05, 4.69) is 27.6 Å². The van der Waals surface area contributed by atoms with Gasteiger partial charge in [-0.15, -0.1) is 0 Å². The van der Waals surface area contributed by atoms with Crippen LogP contribution in [0.25, 0.3) is 11.3 Å². The zero-order valence-corrected chi connectivity index (χ0v) is 19.7. The number of pyridine rings is 1. The van der Waals surface area contributed by atoms with Crippen molar-refractivity contribution in [1.29, 1.82) is 0 Å². The van der Waals surface area contributed by atoms with Crippen LogP contribution in [0.15, 0.2) is 60.8 Å². The van der Waals surface area contributed by atoms with E-state index >= 15 is 0 Å². The molecule has 1 aromatic heterocycles. The monoisotopic (exact) mass is 482 g/mol. The van der Waals surface area contributed by atoms with Crippen LogP contribution in [0, 0.1) is 0 Å². The van der Waals surface area contributed by atoms with Gasteiger partial charge in [0.05, 0.1) is 21.3 Å². The third-order valence-corrected chi connectivity index (χ3v) is 6.34. The minimum Gasteiger partial charge on any atom is -0.349 e. The Hall–Kier alpha value is -2.93. The van der Waals surface area contributed by atoms with E-state index in [-0.39, 0.29) is 28.4 Å². The van der Waals surface area contributed by atoms with E-state index < -0.39 is 0 Å². The van der Waals surface area contributed by atoms with Crippen molar-refractivity contribution >= 4 is 40.7 Å². The molecule has 0 unspecified atom stereocenters. The third-order valence-electron chi connectivity index (χ3n) is 5.69. The van der Waals surface area contributed by atoms with Crippen LogP contribution in [0.2, 0.25) is 10.0 Å². The Bertz CT molecular complexity index is 1160. The molecular weight excluding hydrogens is 459 g/mol. The van der Waals surface area contributed by atoms with Gasteiger partial charge < -0.3 is 15.5 Å². The summed E-state index contributed by atoms with van der Waals surface area (Å²) < 4.78 is 0. The van der Waals surface area contributed by atoms with Gasteiger partial charge in [0.25, 0.3) is 11.8 Å². The lowest BCUT2D eigenvalue weighted by Gasteiger charge is -2.29. The van der Waals surface area contributed by atoms with Crippen LogP contribution in [0.5, 0.6) is 0 Å². The van der Waals surface area contributed by atoms with Gasteiger partial charge in [-0.25, -0.2) is 0 Å². The van der Waals surface area contributed by atoms with Crippen molar-refractivity contribution in [2.75, 3.05) is 25.5 Å². The van der Waals surface area contributed by atoms with Crippen molar-refractivity contribution in [2.45, 2.75) is 18.9 Å². The number of halogens is 2. The lowest BCUT2D eigenvalue weighted by Crippen LogP contribution is -2.43. The summed E-state index contributed by atoms with van der Waals surface area (Å²) in [7, 11) is 2.07. The Morgan fingerprint density at radius 2 is 1.76 bits per heavy atom. The Morgan fingerprint density at radius 1 is 0.970 bits per heavy atom. The maximum Gasteiger partial charge on any atom is 0.257 e. The number of likely N-dealkylation sites (tertiary alicyclic amines) is 1. The predicted molar refractivity (Wildman–Crippen MR) is 132 cm³/mol. The summed E-state index contributed by atoms with van der Waals surface area (Å²) in [5.41, 5.74) is 2.69. The van der Waals surface area contributed by atoms with E-state index in [1.165, 1.54) is 6.07 Å². The molecule has 8 heteroatoms. The molecular formula is C25H24Cl2N4O2. The molecule has 2 N–H and O–H groups in total. The van der Waals surface area contributed by atoms with Gasteiger partial charge in [0.1, 0.15) is 0 Å². The largest absolute Gasteiger partial charge is 0.349 e. The van der Waals surface area contributed by atoms with Gasteiger partial charge in [0.2, 0.25) is 0 Å². The number of carbonyl (C=O) groups excluding carboxylic acids is 2. The van der Waals surface area contributed by atoms with Crippen LogP contribution >= 0.6 is 23.2 Å². The standard InChI is InChI=1S/C25H24Cl2N4O2/c1-31-12-9-17(10-13-31)29-24(32)16-5-7-19(22(27)14-16)25(33)30-18-6-8-21(26)20(15-18)23-4-2-3-11-28-23/h2-8,11,14-15,17H,9-10,12-13H2,1H3,(H,29,32)(H,30,33). The summed E-state index contributed by atoms with van der Waals surface area (Å²) in [6, 6.07) is 15.6. The molecule has 2 amide bonds. The second-order valence-electron chi connectivity index (χ2n) is 8.11. The minimum absolute atomic E-state index is 0.147. The van der Waals surface area contributed by atoms with Gasteiger partial charge >= 0.3 is 0 Å². The molecule has 6 nitrogen and oxygen atoms in total. The van der Waals surface area contributed by atoms with Gasteiger partial charge in [0, 0.05) is 29.1 Å².